The first-order valence-corrected chi connectivity index (χ1v) is 7.04. The van der Waals surface area contributed by atoms with Gasteiger partial charge in [-0.15, -0.1) is 0 Å². The number of hydrogen-bond acceptors (Lipinski definition) is 5. The van der Waals surface area contributed by atoms with Crippen LogP contribution in [0.3, 0.4) is 0 Å². The molecule has 5 heteroatoms. The van der Waals surface area contributed by atoms with E-state index >= 15 is 0 Å². The van der Waals surface area contributed by atoms with E-state index in [2.05, 4.69) is 0 Å². The van der Waals surface area contributed by atoms with Crippen LogP contribution in [0, 0.1) is 0 Å². The summed E-state index contributed by atoms with van der Waals surface area (Å²) in [5.74, 6) is 0.000687. The fourth-order valence-electron chi connectivity index (χ4n) is 1.88. The summed E-state index contributed by atoms with van der Waals surface area (Å²) in [5.41, 5.74) is 0.934. The summed E-state index contributed by atoms with van der Waals surface area (Å²) in [4.78, 5) is 22.7. The van der Waals surface area contributed by atoms with E-state index in [9.17, 15) is 14.7 Å². The van der Waals surface area contributed by atoms with Gasteiger partial charge in [0.1, 0.15) is 12.0 Å². The van der Waals surface area contributed by atoms with E-state index in [0.29, 0.717) is 29.8 Å². The van der Waals surface area contributed by atoms with Crippen molar-refractivity contribution in [2.24, 2.45) is 0 Å². The highest BCUT2D eigenvalue weighted by Gasteiger charge is 2.09. The van der Waals surface area contributed by atoms with Gasteiger partial charge in [0.2, 0.25) is 0 Å². The second-order valence-corrected chi connectivity index (χ2v) is 4.57. The number of aldehydes is 1. The summed E-state index contributed by atoms with van der Waals surface area (Å²) in [6.45, 7) is 2.16. The van der Waals surface area contributed by atoms with Gasteiger partial charge in [0.25, 0.3) is 0 Å². The Morgan fingerprint density at radius 3 is 2.65 bits per heavy atom. The number of carbonyl (C=O) groups excluding carboxylic acids is 2. The Hall–Kier alpha value is -3.08. The molecule has 0 fully saturated rings. The zero-order valence-electron chi connectivity index (χ0n) is 12.6. The third-order valence-corrected chi connectivity index (χ3v) is 2.95. The number of para-hydroxylation sites is 1. The zero-order valence-corrected chi connectivity index (χ0v) is 12.6. The lowest BCUT2D eigenvalue weighted by atomic mass is 10.2. The normalized spacial score (nSPS) is 10.5. The van der Waals surface area contributed by atoms with Crippen LogP contribution >= 0.6 is 0 Å². The molecule has 2 rings (SSSR count). The number of benzene rings is 2. The fourth-order valence-corrected chi connectivity index (χ4v) is 1.88. The lowest BCUT2D eigenvalue weighted by Crippen LogP contribution is -2.06. The van der Waals surface area contributed by atoms with Crippen LogP contribution in [0.15, 0.2) is 48.5 Å². The Kier molecular flexibility index (Phi) is 5.52. The largest absolute Gasteiger partial charge is 0.507 e. The van der Waals surface area contributed by atoms with Crippen LogP contribution in [0.2, 0.25) is 0 Å². The van der Waals surface area contributed by atoms with Crippen molar-refractivity contribution in [3.63, 3.8) is 0 Å². The highest BCUT2D eigenvalue weighted by Crippen LogP contribution is 2.28. The second kappa shape index (κ2) is 7.79. The lowest BCUT2D eigenvalue weighted by molar-refractivity contribution is -0.129. The molecule has 23 heavy (non-hydrogen) atoms. The standard InChI is InChI=1S/C18H16O5/c1-2-22-17-11-13(12-19)7-9-16(17)23-18(21)10-8-14-5-3-4-6-15(14)20/h3-12,20H,2H2,1H3/b10-8+. The van der Waals surface area contributed by atoms with Gasteiger partial charge in [-0.25, -0.2) is 4.79 Å². The molecule has 2 aromatic rings. The van der Waals surface area contributed by atoms with Crippen molar-refractivity contribution in [2.45, 2.75) is 6.92 Å². The van der Waals surface area contributed by atoms with Gasteiger partial charge < -0.3 is 14.6 Å². The van der Waals surface area contributed by atoms with Crippen LogP contribution in [0.25, 0.3) is 6.08 Å². The molecule has 0 spiro atoms. The van der Waals surface area contributed by atoms with Gasteiger partial charge in [-0.3, -0.25) is 4.79 Å². The predicted octanol–water partition coefficient (Wildman–Crippen LogP) is 3.22. The molecular weight excluding hydrogens is 296 g/mol. The summed E-state index contributed by atoms with van der Waals surface area (Å²) in [5, 5.41) is 9.63. The Morgan fingerprint density at radius 1 is 1.17 bits per heavy atom. The number of aromatic hydroxyl groups is 1. The molecule has 0 unspecified atom stereocenters. The molecule has 0 aliphatic heterocycles. The Balaban J connectivity index is 2.13. The molecule has 0 aliphatic carbocycles. The average Bonchev–Trinajstić information content (AvgIpc) is 2.56. The van der Waals surface area contributed by atoms with Crippen LogP contribution in [0.1, 0.15) is 22.8 Å². The van der Waals surface area contributed by atoms with Gasteiger partial charge in [-0.05, 0) is 37.3 Å². The number of phenolic OH excluding ortho intramolecular Hbond substituents is 1. The molecule has 0 amide bonds. The Labute approximate surface area is 133 Å². The minimum absolute atomic E-state index is 0.0712. The molecule has 5 nitrogen and oxygen atoms in total. The predicted molar refractivity (Wildman–Crippen MR) is 85.8 cm³/mol. The van der Waals surface area contributed by atoms with Gasteiger partial charge >= 0.3 is 5.97 Å². The maximum absolute atomic E-state index is 11.9. The average molecular weight is 312 g/mol. The minimum atomic E-state index is -0.618. The summed E-state index contributed by atoms with van der Waals surface area (Å²) in [6, 6.07) is 11.2. The maximum atomic E-state index is 11.9. The topological polar surface area (TPSA) is 72.8 Å². The summed E-state index contributed by atoms with van der Waals surface area (Å²) in [7, 11) is 0. The summed E-state index contributed by atoms with van der Waals surface area (Å²) in [6.07, 6.45) is 3.35. The molecule has 0 atom stereocenters. The van der Waals surface area contributed by atoms with Crippen LogP contribution in [0.5, 0.6) is 17.2 Å². The number of phenols is 1. The van der Waals surface area contributed by atoms with E-state index in [1.807, 2.05) is 0 Å². The van der Waals surface area contributed by atoms with Crippen molar-refractivity contribution in [3.05, 3.63) is 59.7 Å². The lowest BCUT2D eigenvalue weighted by Gasteiger charge is -2.09. The molecule has 0 aromatic heterocycles. The molecule has 0 radical (unpaired) electrons. The van der Waals surface area contributed by atoms with Crippen molar-refractivity contribution < 1.29 is 24.2 Å². The van der Waals surface area contributed by atoms with Gasteiger partial charge in [0, 0.05) is 17.2 Å². The van der Waals surface area contributed by atoms with Crippen molar-refractivity contribution in [2.75, 3.05) is 6.61 Å². The third kappa shape index (κ3) is 4.44. The number of rotatable bonds is 6. The summed E-state index contributed by atoms with van der Waals surface area (Å²) >= 11 is 0. The monoisotopic (exact) mass is 312 g/mol. The molecular formula is C18H16O5. The highest BCUT2D eigenvalue weighted by atomic mass is 16.6. The van der Waals surface area contributed by atoms with Gasteiger partial charge in [0.15, 0.2) is 11.5 Å². The smallest absolute Gasteiger partial charge is 0.336 e. The van der Waals surface area contributed by atoms with Crippen LogP contribution in [-0.4, -0.2) is 24.0 Å². The number of ether oxygens (including phenoxy) is 2. The van der Waals surface area contributed by atoms with Crippen LogP contribution in [-0.2, 0) is 4.79 Å². The zero-order chi connectivity index (χ0) is 16.7. The van der Waals surface area contributed by atoms with E-state index in [1.54, 1.807) is 25.1 Å². The first-order chi connectivity index (χ1) is 11.1. The summed E-state index contributed by atoms with van der Waals surface area (Å²) < 4.78 is 10.6. The number of carbonyl (C=O) groups is 2. The molecule has 0 aliphatic rings. The van der Waals surface area contributed by atoms with E-state index in [4.69, 9.17) is 9.47 Å². The van der Waals surface area contributed by atoms with Crippen LogP contribution < -0.4 is 9.47 Å². The first kappa shape index (κ1) is 16.3. The third-order valence-electron chi connectivity index (χ3n) is 2.95. The second-order valence-electron chi connectivity index (χ2n) is 4.57. The molecule has 0 bridgehead atoms. The minimum Gasteiger partial charge on any atom is -0.507 e. The SMILES string of the molecule is CCOc1cc(C=O)ccc1OC(=O)/C=C/c1ccccc1O. The van der Waals surface area contributed by atoms with Gasteiger partial charge in [0.05, 0.1) is 6.61 Å². The van der Waals surface area contributed by atoms with E-state index in [-0.39, 0.29) is 11.5 Å². The van der Waals surface area contributed by atoms with Crippen molar-refractivity contribution in [1.82, 2.24) is 0 Å². The molecule has 2 aromatic carbocycles. The van der Waals surface area contributed by atoms with E-state index < -0.39 is 5.97 Å². The Bertz CT molecular complexity index is 734. The fraction of sp³-hybridized carbons (Fsp3) is 0.111. The van der Waals surface area contributed by atoms with Gasteiger partial charge in [-0.2, -0.15) is 0 Å². The molecule has 118 valence electrons. The number of hydrogen-bond donors (Lipinski definition) is 1. The van der Waals surface area contributed by atoms with Crippen molar-refractivity contribution in [1.29, 1.82) is 0 Å². The van der Waals surface area contributed by atoms with Crippen molar-refractivity contribution >= 4 is 18.3 Å². The number of esters is 1. The van der Waals surface area contributed by atoms with Gasteiger partial charge in [-0.1, -0.05) is 18.2 Å². The Morgan fingerprint density at radius 2 is 1.96 bits per heavy atom. The molecule has 0 saturated carbocycles. The quantitative estimate of drug-likeness (QED) is 0.384. The first-order valence-electron chi connectivity index (χ1n) is 7.04. The van der Waals surface area contributed by atoms with E-state index in [0.717, 1.165) is 0 Å². The molecule has 1 N–H and O–H groups in total. The van der Waals surface area contributed by atoms with Crippen LogP contribution in [0.4, 0.5) is 0 Å². The maximum Gasteiger partial charge on any atom is 0.336 e. The molecule has 0 heterocycles. The van der Waals surface area contributed by atoms with E-state index in [1.165, 1.54) is 36.4 Å². The highest BCUT2D eigenvalue weighted by molar-refractivity contribution is 5.89. The molecule has 0 saturated heterocycles. The van der Waals surface area contributed by atoms with Crippen molar-refractivity contribution in [3.8, 4) is 17.2 Å².